The summed E-state index contributed by atoms with van der Waals surface area (Å²) < 4.78 is 51.4. The van der Waals surface area contributed by atoms with Crippen molar-refractivity contribution in [3.8, 4) is 0 Å². The zero-order valence-electron chi connectivity index (χ0n) is 7.45. The number of rotatable bonds is 0. The fraction of sp³-hybridized carbons (Fsp3) is 0.750. The highest BCUT2D eigenvalue weighted by atomic mass is 19.3. The van der Waals surface area contributed by atoms with Gasteiger partial charge in [-0.25, -0.2) is 8.78 Å². The predicted molar refractivity (Wildman–Crippen MR) is 39.6 cm³/mol. The fourth-order valence-electron chi connectivity index (χ4n) is 2.07. The first kappa shape index (κ1) is 10.4. The lowest BCUT2D eigenvalue weighted by Gasteiger charge is -2.20. The van der Waals surface area contributed by atoms with Gasteiger partial charge in [-0.05, 0) is 6.42 Å². The third kappa shape index (κ3) is 1.25. The van der Waals surface area contributed by atoms with Crippen molar-refractivity contribution in [3.63, 3.8) is 0 Å². The standard InChI is InChI=1S/C8H7F4NO2/c9-7(10)2-1-6(3-7)4(14)8(11,12)5(15)13-6/h1-3H2,(H,13,15). The van der Waals surface area contributed by atoms with E-state index >= 15 is 0 Å². The molecule has 1 atom stereocenters. The van der Waals surface area contributed by atoms with Gasteiger partial charge in [0.1, 0.15) is 5.54 Å². The monoisotopic (exact) mass is 225 g/mol. The molecule has 3 nitrogen and oxygen atoms in total. The molecule has 7 heteroatoms. The summed E-state index contributed by atoms with van der Waals surface area (Å²) in [5.74, 6) is -10.8. The average molecular weight is 225 g/mol. The molecule has 1 aliphatic carbocycles. The second kappa shape index (κ2) is 2.51. The van der Waals surface area contributed by atoms with Crippen LogP contribution >= 0.6 is 0 Å². The molecule has 0 aromatic rings. The van der Waals surface area contributed by atoms with Gasteiger partial charge in [0.25, 0.3) is 11.8 Å². The van der Waals surface area contributed by atoms with E-state index in [0.717, 1.165) is 0 Å². The van der Waals surface area contributed by atoms with Gasteiger partial charge in [0, 0.05) is 12.8 Å². The van der Waals surface area contributed by atoms with E-state index in [2.05, 4.69) is 0 Å². The van der Waals surface area contributed by atoms with Crippen molar-refractivity contribution in [2.24, 2.45) is 0 Å². The van der Waals surface area contributed by atoms with E-state index in [4.69, 9.17) is 0 Å². The first-order valence-electron chi connectivity index (χ1n) is 4.33. The molecule has 1 aliphatic heterocycles. The Bertz CT molecular complexity index is 355. The highest BCUT2D eigenvalue weighted by Crippen LogP contribution is 2.47. The summed E-state index contributed by atoms with van der Waals surface area (Å²) in [6, 6.07) is 0. The van der Waals surface area contributed by atoms with E-state index < -0.39 is 48.3 Å². The molecular formula is C8H7F4NO2. The van der Waals surface area contributed by atoms with Crippen LogP contribution in [-0.4, -0.2) is 29.1 Å². The maximum absolute atomic E-state index is 12.9. The van der Waals surface area contributed by atoms with Gasteiger partial charge in [-0.3, -0.25) is 9.59 Å². The molecule has 1 spiro atoms. The molecule has 1 saturated heterocycles. The average Bonchev–Trinajstić information content (AvgIpc) is 2.47. The first-order valence-corrected chi connectivity index (χ1v) is 4.33. The number of hydrogen-bond donors (Lipinski definition) is 1. The summed E-state index contributed by atoms with van der Waals surface area (Å²) in [6.45, 7) is 0. The van der Waals surface area contributed by atoms with Crippen molar-refractivity contribution in [1.29, 1.82) is 0 Å². The predicted octanol–water partition coefficient (Wildman–Crippen LogP) is 0.879. The smallest absolute Gasteiger partial charge is 0.337 e. The molecule has 2 aliphatic rings. The van der Waals surface area contributed by atoms with Crippen molar-refractivity contribution in [2.75, 3.05) is 0 Å². The van der Waals surface area contributed by atoms with Gasteiger partial charge >= 0.3 is 5.92 Å². The Kier molecular flexibility index (Phi) is 1.74. The van der Waals surface area contributed by atoms with Gasteiger partial charge in [0.2, 0.25) is 5.78 Å². The molecule has 0 radical (unpaired) electrons. The van der Waals surface area contributed by atoms with Crippen molar-refractivity contribution < 1.29 is 27.2 Å². The van der Waals surface area contributed by atoms with E-state index in [-0.39, 0.29) is 0 Å². The molecule has 15 heavy (non-hydrogen) atoms. The number of halogens is 4. The van der Waals surface area contributed by atoms with Gasteiger partial charge in [-0.1, -0.05) is 0 Å². The summed E-state index contributed by atoms with van der Waals surface area (Å²) >= 11 is 0. The minimum Gasteiger partial charge on any atom is -0.337 e. The normalized spacial score (nSPS) is 37.3. The van der Waals surface area contributed by atoms with Crippen LogP contribution in [0.3, 0.4) is 0 Å². The number of nitrogens with one attached hydrogen (secondary N) is 1. The van der Waals surface area contributed by atoms with Crippen LogP contribution in [0.4, 0.5) is 17.6 Å². The Balaban J connectivity index is 2.35. The van der Waals surface area contributed by atoms with E-state index in [1.807, 2.05) is 0 Å². The minimum absolute atomic E-state index is 0.430. The van der Waals surface area contributed by atoms with Crippen LogP contribution < -0.4 is 5.32 Å². The van der Waals surface area contributed by atoms with Crippen molar-refractivity contribution in [3.05, 3.63) is 0 Å². The molecular weight excluding hydrogens is 218 g/mol. The second-order valence-corrected chi connectivity index (χ2v) is 3.97. The molecule has 1 N–H and O–H groups in total. The van der Waals surface area contributed by atoms with E-state index in [1.165, 1.54) is 0 Å². The summed E-state index contributed by atoms with van der Waals surface area (Å²) in [5, 5.41) is 1.71. The summed E-state index contributed by atoms with van der Waals surface area (Å²) in [5.41, 5.74) is -2.05. The van der Waals surface area contributed by atoms with Crippen LogP contribution in [0.1, 0.15) is 19.3 Å². The molecule has 1 saturated carbocycles. The number of carbonyl (C=O) groups excluding carboxylic acids is 2. The minimum atomic E-state index is -4.17. The SMILES string of the molecule is O=C1NC2(CCC(F)(F)C2)C(=O)C1(F)F. The zero-order valence-corrected chi connectivity index (χ0v) is 7.45. The highest BCUT2D eigenvalue weighted by Gasteiger charge is 2.69. The van der Waals surface area contributed by atoms with Crippen LogP contribution in [0, 0.1) is 0 Å². The third-order valence-electron chi connectivity index (χ3n) is 2.84. The van der Waals surface area contributed by atoms with Crippen LogP contribution in [0.5, 0.6) is 0 Å². The van der Waals surface area contributed by atoms with Crippen molar-refractivity contribution in [1.82, 2.24) is 5.32 Å². The molecule has 1 unspecified atom stereocenters. The van der Waals surface area contributed by atoms with Crippen LogP contribution in [-0.2, 0) is 9.59 Å². The lowest BCUT2D eigenvalue weighted by Crippen LogP contribution is -2.45. The quantitative estimate of drug-likeness (QED) is 0.491. The van der Waals surface area contributed by atoms with Gasteiger partial charge in [0.15, 0.2) is 0 Å². The van der Waals surface area contributed by atoms with Gasteiger partial charge in [-0.15, -0.1) is 0 Å². The van der Waals surface area contributed by atoms with Crippen molar-refractivity contribution in [2.45, 2.75) is 36.6 Å². The maximum atomic E-state index is 12.9. The maximum Gasteiger partial charge on any atom is 0.383 e. The number of amides is 1. The van der Waals surface area contributed by atoms with Gasteiger partial charge < -0.3 is 5.32 Å². The van der Waals surface area contributed by atoms with Crippen molar-refractivity contribution >= 4 is 11.7 Å². The molecule has 2 fully saturated rings. The Labute approximate surface area is 81.8 Å². The Morgan fingerprint density at radius 1 is 1.07 bits per heavy atom. The van der Waals surface area contributed by atoms with E-state index in [0.29, 0.717) is 0 Å². The number of hydrogen-bond acceptors (Lipinski definition) is 2. The third-order valence-corrected chi connectivity index (χ3v) is 2.84. The van der Waals surface area contributed by atoms with Gasteiger partial charge in [0.05, 0.1) is 0 Å². The summed E-state index contributed by atoms with van der Waals surface area (Å²) in [7, 11) is 0. The van der Waals surface area contributed by atoms with Crippen LogP contribution in [0.15, 0.2) is 0 Å². The summed E-state index contributed by atoms with van der Waals surface area (Å²) in [6.07, 6.45) is -2.12. The second-order valence-electron chi connectivity index (χ2n) is 3.97. The molecule has 0 bridgehead atoms. The Hall–Kier alpha value is -1.14. The largest absolute Gasteiger partial charge is 0.383 e. The number of carbonyl (C=O) groups is 2. The summed E-state index contributed by atoms with van der Waals surface area (Å²) in [4.78, 5) is 21.9. The molecule has 1 amide bonds. The van der Waals surface area contributed by atoms with E-state index in [1.54, 1.807) is 5.32 Å². The first-order chi connectivity index (χ1) is 6.70. The molecule has 84 valence electrons. The molecule has 0 aromatic carbocycles. The van der Waals surface area contributed by atoms with E-state index in [9.17, 15) is 27.2 Å². The highest BCUT2D eigenvalue weighted by molar-refractivity contribution is 6.18. The zero-order chi connectivity index (χ0) is 11.5. The van der Waals surface area contributed by atoms with Crippen LogP contribution in [0.2, 0.25) is 0 Å². The number of alkyl halides is 4. The Morgan fingerprint density at radius 3 is 2.00 bits per heavy atom. The molecule has 2 rings (SSSR count). The topological polar surface area (TPSA) is 46.2 Å². The fourth-order valence-corrected chi connectivity index (χ4v) is 2.07. The Morgan fingerprint density at radius 2 is 1.67 bits per heavy atom. The van der Waals surface area contributed by atoms with Gasteiger partial charge in [-0.2, -0.15) is 8.78 Å². The van der Waals surface area contributed by atoms with Crippen LogP contribution in [0.25, 0.3) is 0 Å². The number of Topliss-reactive ketones (excluding diaryl/α,β-unsaturated/α-hetero) is 1. The molecule has 0 aromatic heterocycles. The number of ketones is 1. The lowest BCUT2D eigenvalue weighted by molar-refractivity contribution is -0.151. The molecule has 1 heterocycles. The lowest BCUT2D eigenvalue weighted by atomic mass is 9.93.